The minimum Gasteiger partial charge on any atom is -0.391 e. The fraction of sp³-hybridized carbons (Fsp3) is 1.00. The highest BCUT2D eigenvalue weighted by molar-refractivity contribution is 4.68. The second-order valence-electron chi connectivity index (χ2n) is 3.97. The summed E-state index contributed by atoms with van der Waals surface area (Å²) in [5, 5.41) is 12.5. The van der Waals surface area contributed by atoms with Crippen LogP contribution < -0.4 is 5.32 Å². The zero-order chi connectivity index (χ0) is 9.68. The molecule has 0 radical (unpaired) electrons. The molecule has 3 nitrogen and oxygen atoms in total. The molecule has 1 aliphatic heterocycles. The van der Waals surface area contributed by atoms with E-state index in [2.05, 4.69) is 5.32 Å². The van der Waals surface area contributed by atoms with Crippen LogP contribution in [0.3, 0.4) is 0 Å². The molecule has 2 atom stereocenters. The monoisotopic (exact) mass is 187 g/mol. The Morgan fingerprint density at radius 2 is 2.00 bits per heavy atom. The summed E-state index contributed by atoms with van der Waals surface area (Å²) in [6.45, 7) is 6.71. The lowest BCUT2D eigenvalue weighted by molar-refractivity contribution is -0.0350. The molecule has 1 saturated heterocycles. The van der Waals surface area contributed by atoms with Gasteiger partial charge in [-0.25, -0.2) is 0 Å². The summed E-state index contributed by atoms with van der Waals surface area (Å²) >= 11 is 0. The predicted molar refractivity (Wildman–Crippen MR) is 52.7 cm³/mol. The van der Waals surface area contributed by atoms with E-state index in [4.69, 9.17) is 4.74 Å². The Bertz CT molecular complexity index is 133. The molecular weight excluding hydrogens is 166 g/mol. The van der Waals surface area contributed by atoms with Crippen LogP contribution in [-0.4, -0.2) is 37.0 Å². The van der Waals surface area contributed by atoms with Crippen molar-refractivity contribution in [3.8, 4) is 0 Å². The maximum atomic E-state index is 9.21. The molecular formula is C10H21NO2. The van der Waals surface area contributed by atoms with E-state index in [0.29, 0.717) is 5.92 Å². The van der Waals surface area contributed by atoms with Gasteiger partial charge in [0, 0.05) is 6.61 Å². The van der Waals surface area contributed by atoms with Crippen LogP contribution in [-0.2, 0) is 4.74 Å². The minimum absolute atomic E-state index is 0.0325. The molecule has 2 unspecified atom stereocenters. The molecule has 1 rings (SSSR count). The molecule has 0 saturated carbocycles. The van der Waals surface area contributed by atoms with Gasteiger partial charge in [-0.1, -0.05) is 0 Å². The van der Waals surface area contributed by atoms with E-state index >= 15 is 0 Å². The second kappa shape index (κ2) is 5.58. The number of ether oxygens (including phenoxy) is 1. The van der Waals surface area contributed by atoms with Gasteiger partial charge in [0.15, 0.2) is 0 Å². The third-order valence-electron chi connectivity index (χ3n) is 2.73. The molecule has 2 N–H and O–H groups in total. The van der Waals surface area contributed by atoms with Gasteiger partial charge in [-0.05, 0) is 45.7 Å². The minimum atomic E-state index is -0.360. The maximum absolute atomic E-state index is 9.21. The third kappa shape index (κ3) is 4.07. The molecule has 0 spiro atoms. The number of hydrogen-bond donors (Lipinski definition) is 2. The van der Waals surface area contributed by atoms with Gasteiger partial charge in [-0.15, -0.1) is 0 Å². The van der Waals surface area contributed by atoms with Crippen molar-refractivity contribution in [2.75, 3.05) is 19.7 Å². The smallest absolute Gasteiger partial charge is 0.0803 e. The van der Waals surface area contributed by atoms with Crippen molar-refractivity contribution in [3.63, 3.8) is 0 Å². The van der Waals surface area contributed by atoms with Crippen LogP contribution >= 0.6 is 0 Å². The first-order valence-corrected chi connectivity index (χ1v) is 5.20. The van der Waals surface area contributed by atoms with Gasteiger partial charge in [-0.3, -0.25) is 0 Å². The largest absolute Gasteiger partial charge is 0.391 e. The normalized spacial score (nSPS) is 24.2. The van der Waals surface area contributed by atoms with Crippen molar-refractivity contribution in [3.05, 3.63) is 0 Å². The fourth-order valence-electron chi connectivity index (χ4n) is 1.48. The van der Waals surface area contributed by atoms with Crippen molar-refractivity contribution >= 4 is 0 Å². The summed E-state index contributed by atoms with van der Waals surface area (Å²) in [6, 6.07) is 0. The Balaban J connectivity index is 2.10. The highest BCUT2D eigenvalue weighted by atomic mass is 16.5. The average Bonchev–Trinajstić information content (AvgIpc) is 2.15. The van der Waals surface area contributed by atoms with Crippen molar-refractivity contribution in [1.29, 1.82) is 0 Å². The molecule has 0 aromatic carbocycles. The van der Waals surface area contributed by atoms with E-state index in [1.165, 1.54) is 12.8 Å². The lowest BCUT2D eigenvalue weighted by Crippen LogP contribution is -2.32. The molecule has 0 bridgehead atoms. The highest BCUT2D eigenvalue weighted by Crippen LogP contribution is 2.13. The molecule has 0 aliphatic carbocycles. The quantitative estimate of drug-likeness (QED) is 0.683. The zero-order valence-electron chi connectivity index (χ0n) is 8.62. The summed E-state index contributed by atoms with van der Waals surface area (Å²) in [4.78, 5) is 0. The SMILES string of the molecule is CC(O)C(C)OCC1CCNCC1. The van der Waals surface area contributed by atoms with Gasteiger partial charge in [0.2, 0.25) is 0 Å². The number of aliphatic hydroxyl groups is 1. The van der Waals surface area contributed by atoms with Gasteiger partial charge in [0.05, 0.1) is 12.2 Å². The van der Waals surface area contributed by atoms with E-state index in [1.54, 1.807) is 6.92 Å². The van der Waals surface area contributed by atoms with Crippen molar-refractivity contribution in [2.24, 2.45) is 5.92 Å². The van der Waals surface area contributed by atoms with Crippen LogP contribution in [0.15, 0.2) is 0 Å². The molecule has 78 valence electrons. The first kappa shape index (κ1) is 11.0. The molecule has 3 heteroatoms. The number of piperidine rings is 1. The first-order chi connectivity index (χ1) is 6.20. The van der Waals surface area contributed by atoms with Crippen LogP contribution in [0.5, 0.6) is 0 Å². The molecule has 13 heavy (non-hydrogen) atoms. The maximum Gasteiger partial charge on any atom is 0.0803 e. The van der Waals surface area contributed by atoms with Crippen molar-refractivity contribution in [2.45, 2.75) is 38.9 Å². The van der Waals surface area contributed by atoms with Gasteiger partial charge >= 0.3 is 0 Å². The first-order valence-electron chi connectivity index (χ1n) is 5.20. The fourth-order valence-corrected chi connectivity index (χ4v) is 1.48. The van der Waals surface area contributed by atoms with Gasteiger partial charge < -0.3 is 15.2 Å². The van der Waals surface area contributed by atoms with Gasteiger partial charge in [-0.2, -0.15) is 0 Å². The highest BCUT2D eigenvalue weighted by Gasteiger charge is 2.16. The number of nitrogens with one attached hydrogen (secondary N) is 1. The number of aliphatic hydroxyl groups excluding tert-OH is 1. The Labute approximate surface area is 80.5 Å². The van der Waals surface area contributed by atoms with Gasteiger partial charge in [0.25, 0.3) is 0 Å². The zero-order valence-corrected chi connectivity index (χ0v) is 8.62. The standard InChI is InChI=1S/C10H21NO2/c1-8(12)9(2)13-7-10-3-5-11-6-4-10/h8-12H,3-7H2,1-2H3. The average molecular weight is 187 g/mol. The lowest BCUT2D eigenvalue weighted by atomic mass is 9.99. The van der Waals surface area contributed by atoms with Crippen LogP contribution in [0.2, 0.25) is 0 Å². The van der Waals surface area contributed by atoms with Crippen LogP contribution in [0.1, 0.15) is 26.7 Å². The number of rotatable bonds is 4. The summed E-state index contributed by atoms with van der Waals surface area (Å²) in [6.07, 6.45) is 2.01. The third-order valence-corrected chi connectivity index (χ3v) is 2.73. The molecule has 1 aliphatic rings. The molecule has 1 fully saturated rings. The van der Waals surface area contributed by atoms with Crippen LogP contribution in [0.25, 0.3) is 0 Å². The summed E-state index contributed by atoms with van der Waals surface area (Å²) in [7, 11) is 0. The molecule has 0 aromatic heterocycles. The van der Waals surface area contributed by atoms with Crippen molar-refractivity contribution < 1.29 is 9.84 Å². The van der Waals surface area contributed by atoms with E-state index < -0.39 is 0 Å². The Kier molecular flexibility index (Phi) is 4.70. The van der Waals surface area contributed by atoms with Crippen LogP contribution in [0, 0.1) is 5.92 Å². The van der Waals surface area contributed by atoms with E-state index in [1.807, 2.05) is 6.92 Å². The van der Waals surface area contributed by atoms with Gasteiger partial charge in [0.1, 0.15) is 0 Å². The summed E-state index contributed by atoms with van der Waals surface area (Å²) < 4.78 is 5.57. The second-order valence-corrected chi connectivity index (χ2v) is 3.97. The Hall–Kier alpha value is -0.120. The molecule has 0 amide bonds. The predicted octanol–water partition coefficient (Wildman–Crippen LogP) is 0.772. The molecule has 1 heterocycles. The van der Waals surface area contributed by atoms with Crippen molar-refractivity contribution in [1.82, 2.24) is 5.32 Å². The number of hydrogen-bond acceptors (Lipinski definition) is 3. The lowest BCUT2D eigenvalue weighted by Gasteiger charge is -2.25. The van der Waals surface area contributed by atoms with E-state index in [0.717, 1.165) is 19.7 Å². The Morgan fingerprint density at radius 3 is 2.54 bits per heavy atom. The van der Waals surface area contributed by atoms with E-state index in [-0.39, 0.29) is 12.2 Å². The van der Waals surface area contributed by atoms with Crippen LogP contribution in [0.4, 0.5) is 0 Å². The summed E-state index contributed by atoms with van der Waals surface area (Å²) in [5.41, 5.74) is 0. The summed E-state index contributed by atoms with van der Waals surface area (Å²) in [5.74, 6) is 0.683. The topological polar surface area (TPSA) is 41.5 Å². The Morgan fingerprint density at radius 1 is 1.38 bits per heavy atom. The van der Waals surface area contributed by atoms with E-state index in [9.17, 15) is 5.11 Å². The molecule has 0 aromatic rings.